The number of nitrogens with zero attached hydrogens (tertiary/aromatic N) is 1. The summed E-state index contributed by atoms with van der Waals surface area (Å²) in [5.41, 5.74) is 2.17. The first-order chi connectivity index (χ1) is 11.7. The molecule has 1 unspecified atom stereocenters. The summed E-state index contributed by atoms with van der Waals surface area (Å²) < 4.78 is 1.13. The Bertz CT molecular complexity index is 988. The molecule has 0 fully saturated rings. The summed E-state index contributed by atoms with van der Waals surface area (Å²) in [6.45, 7) is 0.173. The first-order valence-electron chi connectivity index (χ1n) is 7.58. The molecule has 0 saturated carbocycles. The molecule has 6 heteroatoms. The average molecular weight is 337 g/mol. The standard InChI is InChI=1S/C18H15N3O2S/c22-15(17-8-11-3-1-2-4-16(11)24-17)9-19-18(23)12-5-6-13-14(7-12)21-10-20-13/h1-8,10,15,22H,9H2,(H,19,23)(H,20,21). The van der Waals surface area contributed by atoms with Gasteiger partial charge in [0.1, 0.15) is 6.10 Å². The summed E-state index contributed by atoms with van der Waals surface area (Å²) in [4.78, 5) is 20.2. The van der Waals surface area contributed by atoms with Gasteiger partial charge in [0.05, 0.1) is 17.4 Å². The lowest BCUT2D eigenvalue weighted by Gasteiger charge is -2.10. The van der Waals surface area contributed by atoms with Crippen molar-refractivity contribution in [2.45, 2.75) is 6.10 Å². The minimum atomic E-state index is -0.720. The number of carbonyl (C=O) groups is 1. The van der Waals surface area contributed by atoms with Crippen LogP contribution in [0.25, 0.3) is 21.1 Å². The summed E-state index contributed by atoms with van der Waals surface area (Å²) >= 11 is 1.54. The van der Waals surface area contributed by atoms with Gasteiger partial charge in [-0.1, -0.05) is 18.2 Å². The molecule has 4 aromatic rings. The first-order valence-corrected chi connectivity index (χ1v) is 8.40. The number of nitrogens with one attached hydrogen (secondary N) is 2. The maximum absolute atomic E-state index is 12.3. The van der Waals surface area contributed by atoms with Crippen molar-refractivity contribution >= 4 is 38.4 Å². The van der Waals surface area contributed by atoms with Gasteiger partial charge in [-0.05, 0) is 35.7 Å². The molecular weight excluding hydrogens is 322 g/mol. The van der Waals surface area contributed by atoms with Gasteiger partial charge < -0.3 is 15.4 Å². The SMILES string of the molecule is O=C(NCC(O)c1cc2ccccc2s1)c1ccc2nc[nH]c2c1. The lowest BCUT2D eigenvalue weighted by molar-refractivity contribution is 0.0918. The van der Waals surface area contributed by atoms with Crippen molar-refractivity contribution in [2.75, 3.05) is 6.54 Å². The minimum absolute atomic E-state index is 0.173. The Kier molecular flexibility index (Phi) is 3.76. The smallest absolute Gasteiger partial charge is 0.251 e. The quantitative estimate of drug-likeness (QED) is 0.535. The summed E-state index contributed by atoms with van der Waals surface area (Å²) in [5, 5.41) is 14.2. The van der Waals surface area contributed by atoms with E-state index in [-0.39, 0.29) is 12.5 Å². The first kappa shape index (κ1) is 14.9. The zero-order chi connectivity index (χ0) is 16.5. The Morgan fingerprint density at radius 1 is 1.25 bits per heavy atom. The molecule has 0 aliphatic heterocycles. The van der Waals surface area contributed by atoms with Gasteiger partial charge in [0.15, 0.2) is 0 Å². The van der Waals surface area contributed by atoms with Crippen LogP contribution in [0.3, 0.4) is 0 Å². The second kappa shape index (κ2) is 6.07. The fraction of sp³-hybridized carbons (Fsp3) is 0.111. The monoisotopic (exact) mass is 337 g/mol. The molecule has 0 aliphatic rings. The van der Waals surface area contributed by atoms with Crippen molar-refractivity contribution in [3.05, 3.63) is 65.3 Å². The normalized spacial score (nSPS) is 12.5. The second-order valence-corrected chi connectivity index (χ2v) is 6.66. The fourth-order valence-corrected chi connectivity index (χ4v) is 3.69. The summed E-state index contributed by atoms with van der Waals surface area (Å²) in [6.07, 6.45) is 0.875. The number of H-pyrrole nitrogens is 1. The van der Waals surface area contributed by atoms with E-state index < -0.39 is 6.10 Å². The third kappa shape index (κ3) is 2.77. The molecule has 1 atom stereocenters. The highest BCUT2D eigenvalue weighted by Gasteiger charge is 2.14. The van der Waals surface area contributed by atoms with Crippen LogP contribution in [0.1, 0.15) is 21.3 Å². The number of hydrogen-bond donors (Lipinski definition) is 3. The van der Waals surface area contributed by atoms with Crippen molar-refractivity contribution in [1.29, 1.82) is 0 Å². The zero-order valence-corrected chi connectivity index (χ0v) is 13.5. The van der Waals surface area contributed by atoms with E-state index >= 15 is 0 Å². The van der Waals surface area contributed by atoms with Crippen LogP contribution in [0, 0.1) is 0 Å². The molecule has 1 amide bonds. The van der Waals surface area contributed by atoms with E-state index in [0.29, 0.717) is 5.56 Å². The van der Waals surface area contributed by atoms with Gasteiger partial charge in [0.25, 0.3) is 5.91 Å². The Labute approximate surface area is 142 Å². The van der Waals surface area contributed by atoms with Crippen LogP contribution in [-0.2, 0) is 0 Å². The Morgan fingerprint density at radius 3 is 3.00 bits per heavy atom. The van der Waals surface area contributed by atoms with Crippen molar-refractivity contribution in [1.82, 2.24) is 15.3 Å². The molecule has 3 N–H and O–H groups in total. The summed E-state index contributed by atoms with van der Waals surface area (Å²) in [7, 11) is 0. The van der Waals surface area contributed by atoms with Gasteiger partial charge >= 0.3 is 0 Å². The molecule has 0 aliphatic carbocycles. The number of thiophene rings is 1. The number of aromatic amines is 1. The molecule has 0 saturated heterocycles. The number of aliphatic hydroxyl groups is 1. The van der Waals surface area contributed by atoms with E-state index in [0.717, 1.165) is 26.0 Å². The Balaban J connectivity index is 1.45. The highest BCUT2D eigenvalue weighted by molar-refractivity contribution is 7.19. The second-order valence-electron chi connectivity index (χ2n) is 5.55. The maximum Gasteiger partial charge on any atom is 0.251 e. The molecule has 0 bridgehead atoms. The fourth-order valence-electron chi connectivity index (χ4n) is 2.64. The van der Waals surface area contributed by atoms with Gasteiger partial charge in [-0.2, -0.15) is 0 Å². The third-order valence-corrected chi connectivity index (χ3v) is 5.13. The minimum Gasteiger partial charge on any atom is -0.386 e. The largest absolute Gasteiger partial charge is 0.386 e. The van der Waals surface area contributed by atoms with Gasteiger partial charge in [0, 0.05) is 21.7 Å². The van der Waals surface area contributed by atoms with E-state index in [9.17, 15) is 9.90 Å². The van der Waals surface area contributed by atoms with Crippen molar-refractivity contribution < 1.29 is 9.90 Å². The topological polar surface area (TPSA) is 78.0 Å². The van der Waals surface area contributed by atoms with Gasteiger partial charge in [0.2, 0.25) is 0 Å². The van der Waals surface area contributed by atoms with Gasteiger partial charge in [-0.3, -0.25) is 4.79 Å². The van der Waals surface area contributed by atoms with E-state index in [4.69, 9.17) is 0 Å². The molecule has 2 aromatic carbocycles. The summed E-state index contributed by atoms with van der Waals surface area (Å²) in [5.74, 6) is -0.216. The number of aliphatic hydroxyl groups excluding tert-OH is 1. The van der Waals surface area contributed by atoms with Crippen LogP contribution in [0.5, 0.6) is 0 Å². The number of amides is 1. The highest BCUT2D eigenvalue weighted by atomic mass is 32.1. The zero-order valence-electron chi connectivity index (χ0n) is 12.7. The predicted molar refractivity (Wildman–Crippen MR) is 95.2 cm³/mol. The number of rotatable bonds is 4. The third-order valence-electron chi connectivity index (χ3n) is 3.91. The van der Waals surface area contributed by atoms with E-state index in [1.54, 1.807) is 35.9 Å². The average Bonchev–Trinajstić information content (AvgIpc) is 3.24. The number of hydrogen-bond acceptors (Lipinski definition) is 4. The maximum atomic E-state index is 12.3. The molecule has 120 valence electrons. The van der Waals surface area contributed by atoms with Gasteiger partial charge in [-0.15, -0.1) is 11.3 Å². The Hall–Kier alpha value is -2.70. The van der Waals surface area contributed by atoms with Crippen molar-refractivity contribution in [2.24, 2.45) is 0 Å². The Morgan fingerprint density at radius 2 is 2.12 bits per heavy atom. The molecular formula is C18H15N3O2S. The summed E-state index contributed by atoms with van der Waals surface area (Å²) in [6, 6.07) is 15.2. The van der Waals surface area contributed by atoms with Crippen LogP contribution < -0.4 is 5.32 Å². The molecule has 2 aromatic heterocycles. The molecule has 2 heterocycles. The van der Waals surface area contributed by atoms with E-state index in [2.05, 4.69) is 15.3 Å². The number of fused-ring (bicyclic) bond motifs is 2. The number of imidazole rings is 1. The van der Waals surface area contributed by atoms with Gasteiger partial charge in [-0.25, -0.2) is 4.98 Å². The van der Waals surface area contributed by atoms with Crippen molar-refractivity contribution in [3.63, 3.8) is 0 Å². The predicted octanol–water partition coefficient (Wildman–Crippen LogP) is 3.24. The number of benzene rings is 2. The molecule has 24 heavy (non-hydrogen) atoms. The van der Waals surface area contributed by atoms with Crippen molar-refractivity contribution in [3.8, 4) is 0 Å². The molecule has 0 radical (unpaired) electrons. The molecule has 0 spiro atoms. The highest BCUT2D eigenvalue weighted by Crippen LogP contribution is 2.29. The van der Waals surface area contributed by atoms with E-state index in [1.165, 1.54) is 0 Å². The molecule has 4 rings (SSSR count). The number of aromatic nitrogens is 2. The molecule has 5 nitrogen and oxygen atoms in total. The van der Waals surface area contributed by atoms with Crippen LogP contribution in [0.2, 0.25) is 0 Å². The van der Waals surface area contributed by atoms with Crippen LogP contribution in [-0.4, -0.2) is 27.5 Å². The lowest BCUT2D eigenvalue weighted by atomic mass is 10.2. The van der Waals surface area contributed by atoms with Crippen LogP contribution in [0.15, 0.2) is 54.9 Å². The van der Waals surface area contributed by atoms with E-state index in [1.807, 2.05) is 30.3 Å². The lowest BCUT2D eigenvalue weighted by Crippen LogP contribution is -2.28. The van der Waals surface area contributed by atoms with Crippen LogP contribution >= 0.6 is 11.3 Å². The van der Waals surface area contributed by atoms with Crippen LogP contribution in [0.4, 0.5) is 0 Å². The number of carbonyl (C=O) groups excluding carboxylic acids is 1.